The molecule has 0 bridgehead atoms. The van der Waals surface area contributed by atoms with Gasteiger partial charge in [-0.05, 0) is 92.0 Å². The Labute approximate surface area is 359 Å². The van der Waals surface area contributed by atoms with Crippen LogP contribution < -0.4 is 18.9 Å². The molecule has 10 aromatic rings. The summed E-state index contributed by atoms with van der Waals surface area (Å²) in [6.07, 6.45) is 0. The van der Waals surface area contributed by atoms with E-state index in [1.807, 2.05) is 146 Å². The monoisotopic (exact) mass is 810 g/mol. The van der Waals surface area contributed by atoms with E-state index in [2.05, 4.69) is 60.7 Å². The van der Waals surface area contributed by atoms with E-state index in [-0.39, 0.29) is 0 Å². The van der Waals surface area contributed by atoms with Crippen LogP contribution in [0, 0.1) is 0 Å². The van der Waals surface area contributed by atoms with Gasteiger partial charge >= 0.3 is 0 Å². The highest BCUT2D eigenvalue weighted by atomic mass is 16.5. The summed E-state index contributed by atoms with van der Waals surface area (Å²) in [6.45, 7) is 0. The van der Waals surface area contributed by atoms with Crippen molar-refractivity contribution in [2.75, 3.05) is 14.2 Å². The van der Waals surface area contributed by atoms with Gasteiger partial charge in [-0.25, -0.2) is 0 Å². The Morgan fingerprint density at radius 3 is 0.871 bits per heavy atom. The third-order valence-electron chi connectivity index (χ3n) is 12.0. The first-order valence-corrected chi connectivity index (χ1v) is 20.5. The van der Waals surface area contributed by atoms with Gasteiger partial charge in [-0.3, -0.25) is 0 Å². The third-order valence-corrected chi connectivity index (χ3v) is 12.0. The minimum absolute atomic E-state index is 0.671. The predicted molar refractivity (Wildman–Crippen MR) is 246 cm³/mol. The van der Waals surface area contributed by atoms with Gasteiger partial charge in [-0.2, -0.15) is 0 Å². The molecule has 0 spiro atoms. The minimum Gasteiger partial charge on any atom is -0.497 e. The molecule has 12 rings (SSSR count). The summed E-state index contributed by atoms with van der Waals surface area (Å²) < 4.78 is 22.4. The molecule has 0 radical (unpaired) electrons. The zero-order chi connectivity index (χ0) is 42.3. The Morgan fingerprint density at radius 1 is 0.323 bits per heavy atom. The Hall–Kier alpha value is -7.64. The molecule has 302 valence electrons. The highest BCUT2D eigenvalue weighted by molar-refractivity contribution is 6.22. The van der Waals surface area contributed by atoms with E-state index in [0.29, 0.717) is 23.0 Å². The molecule has 0 amide bonds. The lowest BCUT2D eigenvalue weighted by atomic mass is 9.78. The lowest BCUT2D eigenvalue weighted by molar-refractivity contribution is 0.112. The van der Waals surface area contributed by atoms with Gasteiger partial charge in [-0.15, -0.1) is 0 Å². The Bertz CT molecular complexity index is 2820. The van der Waals surface area contributed by atoms with Gasteiger partial charge in [0.2, 0.25) is 0 Å². The fourth-order valence-electron chi connectivity index (χ4n) is 8.90. The van der Waals surface area contributed by atoms with E-state index >= 15 is 0 Å². The summed E-state index contributed by atoms with van der Waals surface area (Å²) in [5.41, 5.74) is 2.01. The van der Waals surface area contributed by atoms with E-state index in [9.17, 15) is 10.2 Å². The van der Waals surface area contributed by atoms with E-state index in [0.717, 1.165) is 44.9 Å². The number of ether oxygens (including phenoxy) is 4. The molecule has 62 heavy (non-hydrogen) atoms. The molecular weight excluding hydrogens is 769 g/mol. The van der Waals surface area contributed by atoms with E-state index < -0.39 is 11.2 Å². The minimum atomic E-state index is -1.25. The van der Waals surface area contributed by atoms with Crippen LogP contribution in [0.5, 0.6) is 34.5 Å². The molecule has 0 atom stereocenters. The average molecular weight is 811 g/mol. The topological polar surface area (TPSA) is 77.4 Å². The molecule has 0 aromatic heterocycles. The van der Waals surface area contributed by atoms with E-state index in [1.165, 1.54) is 32.3 Å². The summed E-state index contributed by atoms with van der Waals surface area (Å²) in [5, 5.41) is 31.5. The van der Waals surface area contributed by atoms with Crippen molar-refractivity contribution in [3.05, 3.63) is 240 Å². The normalized spacial score (nSPS) is 13.7. The molecule has 6 nitrogen and oxygen atoms in total. The van der Waals surface area contributed by atoms with E-state index in [4.69, 9.17) is 18.9 Å². The number of para-hydroxylation sites is 4. The van der Waals surface area contributed by atoms with Crippen molar-refractivity contribution >= 4 is 32.3 Å². The Balaban J connectivity index is 0.000000113. The lowest BCUT2D eigenvalue weighted by Gasteiger charge is -2.36. The van der Waals surface area contributed by atoms with Crippen molar-refractivity contribution in [3.63, 3.8) is 0 Å². The number of benzene rings is 10. The van der Waals surface area contributed by atoms with Gasteiger partial charge in [0.15, 0.2) is 0 Å². The van der Waals surface area contributed by atoms with Crippen LogP contribution in [0.2, 0.25) is 0 Å². The van der Waals surface area contributed by atoms with Crippen molar-refractivity contribution < 1.29 is 29.2 Å². The zero-order valence-corrected chi connectivity index (χ0v) is 34.2. The van der Waals surface area contributed by atoms with Crippen LogP contribution in [0.25, 0.3) is 32.3 Å². The molecule has 0 saturated heterocycles. The highest BCUT2D eigenvalue weighted by Crippen LogP contribution is 2.51. The second-order valence-electron chi connectivity index (χ2n) is 15.4. The van der Waals surface area contributed by atoms with Gasteiger partial charge in [-0.1, -0.05) is 158 Å². The quantitative estimate of drug-likeness (QED) is 0.172. The fraction of sp³-hybridized carbons (Fsp3) is 0.0714. The van der Waals surface area contributed by atoms with Crippen molar-refractivity contribution in [2.24, 2.45) is 0 Å². The van der Waals surface area contributed by atoms with Crippen LogP contribution in [0.4, 0.5) is 0 Å². The number of fused-ring (bicyclic) bond motifs is 4. The molecule has 2 aliphatic heterocycles. The number of aliphatic hydroxyl groups is 2. The number of hydrogen-bond acceptors (Lipinski definition) is 6. The van der Waals surface area contributed by atoms with Gasteiger partial charge in [0, 0.05) is 22.3 Å². The van der Waals surface area contributed by atoms with Crippen LogP contribution in [0.3, 0.4) is 0 Å². The fourth-order valence-corrected chi connectivity index (χ4v) is 8.90. The van der Waals surface area contributed by atoms with Crippen LogP contribution in [-0.4, -0.2) is 24.4 Å². The Morgan fingerprint density at radius 2 is 0.597 bits per heavy atom. The summed E-state index contributed by atoms with van der Waals surface area (Å²) in [6, 6.07) is 67.2. The Kier molecular flexibility index (Phi) is 9.80. The molecule has 10 aromatic carbocycles. The smallest absolute Gasteiger partial charge is 0.147 e. The number of methoxy groups -OCH3 is 2. The predicted octanol–water partition coefficient (Wildman–Crippen LogP) is 12.8. The van der Waals surface area contributed by atoms with Gasteiger partial charge in [0.1, 0.15) is 45.7 Å². The largest absolute Gasteiger partial charge is 0.497 e. The summed E-state index contributed by atoms with van der Waals surface area (Å²) in [7, 11) is 3.26. The molecule has 0 fully saturated rings. The SMILES string of the molecule is COc1ccc(C2(O)c3ccccc3Oc3ccccc32)cc1.COc1ccc(C2(O)c3ccccc3Oc3ccccc32)cc1.c1cc2ccc3cccc4ccc(c1)c2c34. The second kappa shape index (κ2) is 15.8. The molecule has 2 N–H and O–H groups in total. The highest BCUT2D eigenvalue weighted by Gasteiger charge is 2.43. The maximum absolute atomic E-state index is 11.7. The summed E-state index contributed by atoms with van der Waals surface area (Å²) >= 11 is 0. The van der Waals surface area contributed by atoms with Crippen molar-refractivity contribution in [1.29, 1.82) is 0 Å². The maximum atomic E-state index is 11.7. The van der Waals surface area contributed by atoms with E-state index in [1.54, 1.807) is 14.2 Å². The molecule has 2 aliphatic rings. The van der Waals surface area contributed by atoms with Crippen LogP contribution >= 0.6 is 0 Å². The number of hydrogen-bond donors (Lipinski definition) is 2. The first-order valence-electron chi connectivity index (χ1n) is 20.5. The van der Waals surface area contributed by atoms with Gasteiger partial charge in [0.05, 0.1) is 14.2 Å². The van der Waals surface area contributed by atoms with Crippen LogP contribution in [0.1, 0.15) is 33.4 Å². The maximum Gasteiger partial charge on any atom is 0.147 e. The second-order valence-corrected chi connectivity index (χ2v) is 15.4. The summed E-state index contributed by atoms with van der Waals surface area (Å²) in [5.74, 6) is 4.19. The van der Waals surface area contributed by atoms with Crippen molar-refractivity contribution in [2.45, 2.75) is 11.2 Å². The zero-order valence-electron chi connectivity index (χ0n) is 34.2. The first-order chi connectivity index (χ1) is 30.4. The molecular formula is C56H42O6. The average Bonchev–Trinajstić information content (AvgIpc) is 3.34. The van der Waals surface area contributed by atoms with Gasteiger partial charge in [0.25, 0.3) is 0 Å². The molecule has 0 saturated carbocycles. The number of rotatable bonds is 4. The van der Waals surface area contributed by atoms with Crippen LogP contribution in [0.15, 0.2) is 206 Å². The standard InChI is InChI=1S/2C20H16O3.C16H10/c2*1-22-15-12-10-14(11-13-15)20(21)16-6-2-4-8-18(16)23-19-9-5-3-7-17(19)20;1-3-11-7-9-13-5-2-6-14-10-8-12(4-1)15(11)16(13)14/h2*2-13,21H,1H3;1-10H. The first kappa shape index (κ1) is 38.6. The summed E-state index contributed by atoms with van der Waals surface area (Å²) in [4.78, 5) is 0. The third kappa shape index (κ3) is 6.45. The van der Waals surface area contributed by atoms with Crippen LogP contribution in [-0.2, 0) is 11.2 Å². The van der Waals surface area contributed by atoms with Crippen molar-refractivity contribution in [3.8, 4) is 34.5 Å². The molecule has 0 unspecified atom stereocenters. The lowest BCUT2D eigenvalue weighted by Crippen LogP contribution is -2.32. The molecule has 6 heteroatoms. The molecule has 2 heterocycles. The molecule has 0 aliphatic carbocycles. The van der Waals surface area contributed by atoms with Gasteiger partial charge < -0.3 is 29.2 Å². The van der Waals surface area contributed by atoms with Crippen molar-refractivity contribution in [1.82, 2.24) is 0 Å².